The Bertz CT molecular complexity index is 758. The van der Waals surface area contributed by atoms with Crippen LogP contribution in [0.1, 0.15) is 42.4 Å². The number of aryl methyl sites for hydroxylation is 1. The Balaban J connectivity index is 2.37. The van der Waals surface area contributed by atoms with Gasteiger partial charge in [-0.25, -0.2) is 9.78 Å². The Morgan fingerprint density at radius 3 is 2.74 bits per heavy atom. The van der Waals surface area contributed by atoms with Gasteiger partial charge >= 0.3 is 5.97 Å². The molecule has 1 unspecified atom stereocenters. The number of halogens is 2. The summed E-state index contributed by atoms with van der Waals surface area (Å²) in [5.74, 6) is -1.58. The summed E-state index contributed by atoms with van der Waals surface area (Å²) in [4.78, 5) is 28.1. The van der Waals surface area contributed by atoms with Gasteiger partial charge in [-0.1, -0.05) is 43.0 Å². The largest absolute Gasteiger partial charge is 0.480 e. The number of hydrogen-bond donors (Lipinski definition) is 2. The summed E-state index contributed by atoms with van der Waals surface area (Å²) in [6, 6.07) is 0.593. The fourth-order valence-electron chi connectivity index (χ4n) is 2.35. The number of carbonyl (C=O) groups excluding carboxylic acids is 1. The topological polar surface area (TPSA) is 83.7 Å². The minimum absolute atomic E-state index is 0.229. The molecule has 0 radical (unpaired) electrons. The second-order valence-electron chi connectivity index (χ2n) is 5.25. The van der Waals surface area contributed by atoms with Crippen molar-refractivity contribution in [3.63, 3.8) is 0 Å². The SMILES string of the molecule is CCCCC(NC(=O)c1c(C)nc2c(Cl)cc(Cl)cn12)C(=O)O. The van der Waals surface area contributed by atoms with Crippen LogP contribution in [0.3, 0.4) is 0 Å². The molecular formula is C15H17Cl2N3O3. The zero-order chi connectivity index (χ0) is 17.1. The molecule has 124 valence electrons. The lowest BCUT2D eigenvalue weighted by Gasteiger charge is -2.14. The maximum absolute atomic E-state index is 12.5. The molecule has 0 bridgehead atoms. The quantitative estimate of drug-likeness (QED) is 0.830. The van der Waals surface area contributed by atoms with Crippen molar-refractivity contribution in [1.29, 1.82) is 0 Å². The first-order chi connectivity index (χ1) is 10.8. The molecule has 0 aliphatic carbocycles. The summed E-state index contributed by atoms with van der Waals surface area (Å²) < 4.78 is 1.48. The number of nitrogens with zero attached hydrogens (tertiary/aromatic N) is 2. The van der Waals surface area contributed by atoms with Gasteiger partial charge in [0.15, 0.2) is 5.65 Å². The molecule has 0 fully saturated rings. The molecule has 8 heteroatoms. The van der Waals surface area contributed by atoms with Crippen molar-refractivity contribution in [3.05, 3.63) is 33.7 Å². The summed E-state index contributed by atoms with van der Waals surface area (Å²) in [5, 5.41) is 12.5. The zero-order valence-corrected chi connectivity index (χ0v) is 14.3. The molecule has 2 heterocycles. The summed E-state index contributed by atoms with van der Waals surface area (Å²) in [7, 11) is 0. The van der Waals surface area contributed by atoms with Crippen molar-refractivity contribution in [2.24, 2.45) is 0 Å². The molecule has 2 aromatic heterocycles. The lowest BCUT2D eigenvalue weighted by molar-refractivity contribution is -0.139. The van der Waals surface area contributed by atoms with E-state index in [1.165, 1.54) is 16.7 Å². The van der Waals surface area contributed by atoms with Gasteiger partial charge in [-0.15, -0.1) is 0 Å². The molecule has 23 heavy (non-hydrogen) atoms. The zero-order valence-electron chi connectivity index (χ0n) is 12.8. The number of amides is 1. The highest BCUT2D eigenvalue weighted by Gasteiger charge is 2.24. The van der Waals surface area contributed by atoms with E-state index in [1.54, 1.807) is 6.92 Å². The van der Waals surface area contributed by atoms with Gasteiger partial charge in [0.2, 0.25) is 0 Å². The molecule has 2 rings (SSSR count). The van der Waals surface area contributed by atoms with Crippen LogP contribution in [0.15, 0.2) is 12.3 Å². The number of hydrogen-bond acceptors (Lipinski definition) is 3. The Hall–Kier alpha value is -1.79. The minimum atomic E-state index is -1.06. The average molecular weight is 358 g/mol. The molecule has 6 nitrogen and oxygen atoms in total. The predicted molar refractivity (Wildman–Crippen MR) is 88.4 cm³/mol. The smallest absolute Gasteiger partial charge is 0.326 e. The van der Waals surface area contributed by atoms with Gasteiger partial charge in [-0.2, -0.15) is 0 Å². The van der Waals surface area contributed by atoms with E-state index in [1.807, 2.05) is 6.92 Å². The van der Waals surface area contributed by atoms with Crippen molar-refractivity contribution < 1.29 is 14.7 Å². The highest BCUT2D eigenvalue weighted by Crippen LogP contribution is 2.24. The van der Waals surface area contributed by atoms with E-state index in [9.17, 15) is 14.7 Å². The van der Waals surface area contributed by atoms with Gasteiger partial charge in [0, 0.05) is 6.20 Å². The van der Waals surface area contributed by atoms with E-state index >= 15 is 0 Å². The Kier molecular flexibility index (Phi) is 5.49. The van der Waals surface area contributed by atoms with Gasteiger partial charge in [-0.05, 0) is 19.4 Å². The van der Waals surface area contributed by atoms with Gasteiger partial charge in [0.1, 0.15) is 11.7 Å². The first-order valence-electron chi connectivity index (χ1n) is 7.22. The van der Waals surface area contributed by atoms with Crippen LogP contribution in [-0.2, 0) is 4.79 Å². The van der Waals surface area contributed by atoms with E-state index in [0.29, 0.717) is 34.2 Å². The molecule has 0 aromatic carbocycles. The van der Waals surface area contributed by atoms with Crippen molar-refractivity contribution in [2.75, 3.05) is 0 Å². The molecule has 0 spiro atoms. The van der Waals surface area contributed by atoms with Crippen molar-refractivity contribution >= 4 is 40.7 Å². The van der Waals surface area contributed by atoms with E-state index < -0.39 is 17.9 Å². The fourth-order valence-corrected chi connectivity index (χ4v) is 2.87. The average Bonchev–Trinajstić information content (AvgIpc) is 2.79. The van der Waals surface area contributed by atoms with Gasteiger partial charge in [0.05, 0.1) is 15.7 Å². The monoisotopic (exact) mass is 357 g/mol. The summed E-state index contributed by atoms with van der Waals surface area (Å²) >= 11 is 12.1. The standard InChI is InChI=1S/C15H17Cl2N3O3/c1-3-4-5-11(15(22)23)19-14(21)12-8(2)18-13-10(17)6-9(16)7-20(12)13/h6-7,11H,3-5H2,1-2H3,(H,19,21)(H,22,23). The molecule has 2 aromatic rings. The number of unbranched alkanes of at least 4 members (excludes halogenated alkanes) is 1. The Morgan fingerprint density at radius 2 is 2.13 bits per heavy atom. The molecule has 1 atom stereocenters. The van der Waals surface area contributed by atoms with Crippen molar-refractivity contribution in [2.45, 2.75) is 39.2 Å². The molecule has 0 aliphatic heterocycles. The summed E-state index contributed by atoms with van der Waals surface area (Å²) in [5.41, 5.74) is 1.08. The number of nitrogens with one attached hydrogen (secondary N) is 1. The third-order valence-corrected chi connectivity index (χ3v) is 3.97. The fraction of sp³-hybridized carbons (Fsp3) is 0.400. The molecule has 0 saturated carbocycles. The van der Waals surface area contributed by atoms with E-state index in [-0.39, 0.29) is 5.69 Å². The summed E-state index contributed by atoms with van der Waals surface area (Å²) in [6.45, 7) is 3.62. The number of carboxylic acid groups (broad SMARTS) is 1. The Morgan fingerprint density at radius 1 is 1.43 bits per heavy atom. The van der Waals surface area contributed by atoms with Crippen LogP contribution in [0, 0.1) is 6.92 Å². The highest BCUT2D eigenvalue weighted by molar-refractivity contribution is 6.36. The third-order valence-electron chi connectivity index (χ3n) is 3.48. The van der Waals surface area contributed by atoms with Crippen LogP contribution in [0.4, 0.5) is 0 Å². The van der Waals surface area contributed by atoms with Crippen LogP contribution < -0.4 is 5.32 Å². The van der Waals surface area contributed by atoms with Gasteiger partial charge in [-0.3, -0.25) is 9.20 Å². The lowest BCUT2D eigenvalue weighted by Crippen LogP contribution is -2.41. The molecule has 1 amide bonds. The van der Waals surface area contributed by atoms with Crippen LogP contribution >= 0.6 is 23.2 Å². The van der Waals surface area contributed by atoms with Gasteiger partial charge in [0.25, 0.3) is 5.91 Å². The highest BCUT2D eigenvalue weighted by atomic mass is 35.5. The van der Waals surface area contributed by atoms with Crippen LogP contribution in [-0.4, -0.2) is 32.4 Å². The lowest BCUT2D eigenvalue weighted by atomic mass is 10.1. The summed E-state index contributed by atoms with van der Waals surface area (Å²) in [6.07, 6.45) is 3.45. The van der Waals surface area contributed by atoms with Crippen LogP contribution in [0.25, 0.3) is 5.65 Å². The number of fused-ring (bicyclic) bond motifs is 1. The third kappa shape index (κ3) is 3.76. The second-order valence-corrected chi connectivity index (χ2v) is 6.10. The second kappa shape index (κ2) is 7.19. The molecule has 0 aliphatic rings. The maximum atomic E-state index is 12.5. The van der Waals surface area contributed by atoms with Crippen LogP contribution in [0.5, 0.6) is 0 Å². The number of aliphatic carboxylic acids is 1. The number of carbonyl (C=O) groups is 2. The van der Waals surface area contributed by atoms with Crippen molar-refractivity contribution in [1.82, 2.24) is 14.7 Å². The number of imidazole rings is 1. The van der Waals surface area contributed by atoms with Crippen LogP contribution in [0.2, 0.25) is 10.0 Å². The maximum Gasteiger partial charge on any atom is 0.326 e. The van der Waals surface area contributed by atoms with Gasteiger partial charge < -0.3 is 10.4 Å². The minimum Gasteiger partial charge on any atom is -0.480 e. The van der Waals surface area contributed by atoms with E-state index in [2.05, 4.69) is 10.3 Å². The van der Waals surface area contributed by atoms with E-state index in [4.69, 9.17) is 23.2 Å². The first-order valence-corrected chi connectivity index (χ1v) is 7.98. The number of rotatable bonds is 6. The van der Waals surface area contributed by atoms with Crippen molar-refractivity contribution in [3.8, 4) is 0 Å². The number of carboxylic acids is 1. The number of pyridine rings is 1. The van der Waals surface area contributed by atoms with E-state index in [0.717, 1.165) is 6.42 Å². The normalized spacial score (nSPS) is 12.3. The Labute approximate surface area is 143 Å². The molecule has 0 saturated heterocycles. The molecule has 2 N–H and O–H groups in total. The first kappa shape index (κ1) is 17.6. The number of aromatic nitrogens is 2. The predicted octanol–water partition coefficient (Wildman–Crippen LogP) is 3.32. The molecular weight excluding hydrogens is 341 g/mol.